The van der Waals surface area contributed by atoms with Crippen molar-refractivity contribution in [1.82, 2.24) is 24.6 Å². The van der Waals surface area contributed by atoms with E-state index in [1.807, 2.05) is 48.6 Å². The van der Waals surface area contributed by atoms with E-state index in [4.69, 9.17) is 19.4 Å². The molecule has 0 saturated carbocycles. The van der Waals surface area contributed by atoms with Gasteiger partial charge in [-0.25, -0.2) is 9.97 Å². The molecule has 5 rings (SSSR count). The smallest absolute Gasteiger partial charge is 0.219 e. The van der Waals surface area contributed by atoms with Gasteiger partial charge in [-0.2, -0.15) is 5.10 Å². The van der Waals surface area contributed by atoms with E-state index in [0.29, 0.717) is 13.1 Å². The predicted molar refractivity (Wildman–Crippen MR) is 128 cm³/mol. The fraction of sp³-hybridized carbons (Fsp3) is 0.440. The van der Waals surface area contributed by atoms with E-state index < -0.39 is 0 Å². The number of nitrogens with zero attached hydrogens (tertiary/aromatic N) is 6. The predicted octanol–water partition coefficient (Wildman–Crippen LogP) is 2.84. The largest absolute Gasteiger partial charge is 0.497 e. The van der Waals surface area contributed by atoms with Crippen molar-refractivity contribution in [3.63, 3.8) is 0 Å². The van der Waals surface area contributed by atoms with Crippen LogP contribution in [0.25, 0.3) is 11.3 Å². The van der Waals surface area contributed by atoms with Gasteiger partial charge in [-0.3, -0.25) is 9.48 Å². The van der Waals surface area contributed by atoms with Crippen LogP contribution in [0.3, 0.4) is 0 Å². The molecular formula is C25H30N6O3. The fourth-order valence-corrected chi connectivity index (χ4v) is 4.58. The van der Waals surface area contributed by atoms with Crippen LogP contribution in [-0.2, 0) is 24.8 Å². The second-order valence-corrected chi connectivity index (χ2v) is 8.86. The molecule has 3 aromatic rings. The highest BCUT2D eigenvalue weighted by molar-refractivity contribution is 5.74. The van der Waals surface area contributed by atoms with Crippen LogP contribution in [0.5, 0.6) is 11.5 Å². The number of methoxy groups -OCH3 is 1. The van der Waals surface area contributed by atoms with Gasteiger partial charge in [0.25, 0.3) is 0 Å². The Hall–Kier alpha value is -3.62. The van der Waals surface area contributed by atoms with Crippen LogP contribution < -0.4 is 14.4 Å². The highest BCUT2D eigenvalue weighted by Gasteiger charge is 2.28. The Balaban J connectivity index is 1.36. The van der Waals surface area contributed by atoms with Crippen molar-refractivity contribution in [3.8, 4) is 22.8 Å². The molecule has 0 unspecified atom stereocenters. The zero-order chi connectivity index (χ0) is 23.7. The minimum absolute atomic E-state index is 0.0680. The summed E-state index contributed by atoms with van der Waals surface area (Å²) in [6.45, 7) is 4.46. The van der Waals surface area contributed by atoms with E-state index in [0.717, 1.165) is 72.3 Å². The van der Waals surface area contributed by atoms with Gasteiger partial charge in [0, 0.05) is 64.6 Å². The molecule has 34 heavy (non-hydrogen) atoms. The molecule has 0 atom stereocenters. The summed E-state index contributed by atoms with van der Waals surface area (Å²) in [6.07, 6.45) is 6.46. The Morgan fingerprint density at radius 2 is 1.76 bits per heavy atom. The van der Waals surface area contributed by atoms with E-state index in [9.17, 15) is 4.79 Å². The van der Waals surface area contributed by atoms with Crippen molar-refractivity contribution in [1.29, 1.82) is 0 Å². The van der Waals surface area contributed by atoms with Crippen LogP contribution in [0.15, 0.2) is 36.7 Å². The molecule has 0 radical (unpaired) electrons. The van der Waals surface area contributed by atoms with Crippen molar-refractivity contribution in [2.24, 2.45) is 7.05 Å². The minimum atomic E-state index is 0.0680. The molecule has 1 fully saturated rings. The molecule has 1 amide bonds. The normalized spacial score (nSPS) is 16.3. The summed E-state index contributed by atoms with van der Waals surface area (Å²) in [5.41, 5.74) is 3.62. The van der Waals surface area contributed by atoms with E-state index in [1.165, 1.54) is 0 Å². The van der Waals surface area contributed by atoms with E-state index in [2.05, 4.69) is 10.00 Å². The first kappa shape index (κ1) is 22.2. The van der Waals surface area contributed by atoms with Crippen molar-refractivity contribution in [2.75, 3.05) is 31.6 Å². The van der Waals surface area contributed by atoms with Crippen LogP contribution in [0, 0.1) is 0 Å². The molecule has 4 heterocycles. The van der Waals surface area contributed by atoms with E-state index >= 15 is 0 Å². The quantitative estimate of drug-likeness (QED) is 0.576. The maximum Gasteiger partial charge on any atom is 0.219 e. The van der Waals surface area contributed by atoms with Crippen molar-refractivity contribution in [2.45, 2.75) is 38.8 Å². The molecule has 178 valence electrons. The topological polar surface area (TPSA) is 85.6 Å². The number of anilines is 1. The third kappa shape index (κ3) is 4.55. The Labute approximate surface area is 199 Å². The van der Waals surface area contributed by atoms with Gasteiger partial charge in [-0.05, 0) is 24.3 Å². The molecular weight excluding hydrogens is 432 g/mol. The molecule has 1 aromatic carbocycles. The lowest BCUT2D eigenvalue weighted by molar-refractivity contribution is -0.129. The zero-order valence-electron chi connectivity index (χ0n) is 19.9. The number of rotatable bonds is 5. The van der Waals surface area contributed by atoms with Gasteiger partial charge in [0.15, 0.2) is 5.82 Å². The lowest BCUT2D eigenvalue weighted by atomic mass is 10.1. The molecule has 2 aliphatic rings. The van der Waals surface area contributed by atoms with Crippen molar-refractivity contribution in [3.05, 3.63) is 48.0 Å². The van der Waals surface area contributed by atoms with Gasteiger partial charge in [0.05, 0.1) is 31.2 Å². The number of amides is 1. The Morgan fingerprint density at radius 3 is 2.41 bits per heavy atom. The summed E-state index contributed by atoms with van der Waals surface area (Å²) in [6, 6.07) is 7.73. The number of ether oxygens (including phenoxy) is 2. The summed E-state index contributed by atoms with van der Waals surface area (Å²) < 4.78 is 13.2. The second kappa shape index (κ2) is 9.32. The molecule has 2 aromatic heterocycles. The lowest BCUT2D eigenvalue weighted by Gasteiger charge is -2.35. The SMILES string of the molecule is COc1ccc(OC2CCN(c3nc4c(nc3-c3cnn(C)c3)CN(C(C)=O)CC4)CC2)cc1. The number of carbonyl (C=O) groups is 1. The third-order valence-corrected chi connectivity index (χ3v) is 6.52. The average Bonchev–Trinajstić information content (AvgIpc) is 3.30. The number of fused-ring (bicyclic) bond motifs is 1. The molecule has 0 N–H and O–H groups in total. The number of benzene rings is 1. The summed E-state index contributed by atoms with van der Waals surface area (Å²) >= 11 is 0. The maximum absolute atomic E-state index is 11.9. The Morgan fingerprint density at radius 1 is 1.03 bits per heavy atom. The number of carbonyl (C=O) groups excluding carboxylic acids is 1. The van der Waals surface area contributed by atoms with Crippen molar-refractivity contribution < 1.29 is 14.3 Å². The van der Waals surface area contributed by atoms with Gasteiger partial charge in [-0.1, -0.05) is 0 Å². The van der Waals surface area contributed by atoms with Crippen LogP contribution in [-0.4, -0.2) is 63.4 Å². The Kier molecular flexibility index (Phi) is 6.08. The molecule has 0 bridgehead atoms. The van der Waals surface area contributed by atoms with Crippen LogP contribution in [0.2, 0.25) is 0 Å². The summed E-state index contributed by atoms with van der Waals surface area (Å²) in [7, 11) is 3.56. The monoisotopic (exact) mass is 462 g/mol. The van der Waals surface area contributed by atoms with Gasteiger partial charge in [0.1, 0.15) is 23.3 Å². The van der Waals surface area contributed by atoms with Crippen LogP contribution in [0.4, 0.5) is 5.82 Å². The third-order valence-electron chi connectivity index (χ3n) is 6.52. The standard InChI is InChI=1S/C25H30N6O3/c1-17(32)31-13-10-22-23(16-31)27-24(18-14-26-29(2)15-18)25(28-22)30-11-8-21(9-12-30)34-20-6-4-19(33-3)5-7-20/h4-7,14-15,21H,8-13,16H2,1-3H3. The molecule has 9 nitrogen and oxygen atoms in total. The summed E-state index contributed by atoms with van der Waals surface area (Å²) in [5, 5.41) is 4.34. The van der Waals surface area contributed by atoms with E-state index in [1.54, 1.807) is 18.7 Å². The van der Waals surface area contributed by atoms with Crippen molar-refractivity contribution >= 4 is 11.7 Å². The number of aryl methyl sites for hydroxylation is 1. The van der Waals surface area contributed by atoms with Crippen LogP contribution >= 0.6 is 0 Å². The molecule has 1 saturated heterocycles. The van der Waals surface area contributed by atoms with Crippen LogP contribution in [0.1, 0.15) is 31.2 Å². The molecule has 9 heteroatoms. The maximum atomic E-state index is 11.9. The van der Waals surface area contributed by atoms with Gasteiger partial charge >= 0.3 is 0 Å². The molecule has 2 aliphatic heterocycles. The van der Waals surface area contributed by atoms with Gasteiger partial charge in [0.2, 0.25) is 5.91 Å². The first-order chi connectivity index (χ1) is 16.5. The number of hydrogen-bond acceptors (Lipinski definition) is 7. The first-order valence-corrected chi connectivity index (χ1v) is 11.7. The van der Waals surface area contributed by atoms with E-state index in [-0.39, 0.29) is 12.0 Å². The average molecular weight is 463 g/mol. The summed E-state index contributed by atoms with van der Waals surface area (Å²) in [4.78, 5) is 26.1. The highest BCUT2D eigenvalue weighted by atomic mass is 16.5. The second-order valence-electron chi connectivity index (χ2n) is 8.86. The summed E-state index contributed by atoms with van der Waals surface area (Å²) in [5.74, 6) is 2.64. The minimum Gasteiger partial charge on any atom is -0.497 e. The van der Waals surface area contributed by atoms with Gasteiger partial charge < -0.3 is 19.3 Å². The van der Waals surface area contributed by atoms with Gasteiger partial charge in [-0.15, -0.1) is 0 Å². The number of piperidine rings is 1. The highest BCUT2D eigenvalue weighted by Crippen LogP contribution is 2.32. The lowest BCUT2D eigenvalue weighted by Crippen LogP contribution is -2.40. The zero-order valence-corrected chi connectivity index (χ0v) is 19.9. The first-order valence-electron chi connectivity index (χ1n) is 11.7. The number of hydrogen-bond donors (Lipinski definition) is 0. The Bertz CT molecular complexity index is 1170. The fourth-order valence-electron chi connectivity index (χ4n) is 4.58. The molecule has 0 spiro atoms. The number of aromatic nitrogens is 4. The molecule has 0 aliphatic carbocycles.